The van der Waals surface area contributed by atoms with Gasteiger partial charge in [-0.25, -0.2) is 9.78 Å². The summed E-state index contributed by atoms with van der Waals surface area (Å²) in [5.74, 6) is -0.602. The molecular weight excluding hydrogens is 396 g/mol. The molecule has 0 saturated heterocycles. The van der Waals surface area contributed by atoms with Crippen LogP contribution < -0.4 is 4.90 Å². The Balaban J connectivity index is 1.76. The van der Waals surface area contributed by atoms with Gasteiger partial charge in [0.05, 0.1) is 16.9 Å². The molecule has 1 aromatic heterocycles. The highest BCUT2D eigenvalue weighted by molar-refractivity contribution is 7.14. The quantitative estimate of drug-likeness (QED) is 0.506. The number of hydrogen-bond acceptors (Lipinski definition) is 5. The summed E-state index contributed by atoms with van der Waals surface area (Å²) >= 11 is 7.23. The van der Waals surface area contributed by atoms with Crippen molar-refractivity contribution in [3.63, 3.8) is 0 Å². The van der Waals surface area contributed by atoms with Crippen LogP contribution in [0.2, 0.25) is 5.02 Å². The van der Waals surface area contributed by atoms with Crippen molar-refractivity contribution in [2.75, 3.05) is 4.90 Å². The molecule has 0 aliphatic rings. The van der Waals surface area contributed by atoms with E-state index in [-0.39, 0.29) is 12.5 Å². The van der Waals surface area contributed by atoms with E-state index in [1.54, 1.807) is 34.5 Å². The maximum atomic E-state index is 12.3. The molecule has 5 nitrogen and oxygen atoms in total. The van der Waals surface area contributed by atoms with Gasteiger partial charge < -0.3 is 4.74 Å². The second kappa shape index (κ2) is 8.99. The molecule has 0 saturated carbocycles. The summed E-state index contributed by atoms with van der Waals surface area (Å²) in [6, 6.07) is 14.3. The Hall–Kier alpha value is -2.70. The summed E-state index contributed by atoms with van der Waals surface area (Å²) in [4.78, 5) is 30.5. The third-order valence-electron chi connectivity index (χ3n) is 4.07. The molecule has 0 unspecified atom stereocenters. The first-order chi connectivity index (χ1) is 13.5. The van der Waals surface area contributed by atoms with Crippen molar-refractivity contribution in [1.29, 1.82) is 0 Å². The standard InChI is InChI=1S/C21H19ClN2O3S/c1-3-15-7-4-5-10-19(15)24(14(2)25)21-23-18(13-28-21)12-27-20(26)16-8-6-9-17(22)11-16/h4-11,13H,3,12H2,1-2H3. The van der Waals surface area contributed by atoms with Crippen LogP contribution in [0.5, 0.6) is 0 Å². The van der Waals surface area contributed by atoms with Crippen molar-refractivity contribution in [1.82, 2.24) is 4.98 Å². The number of ether oxygens (including phenoxy) is 1. The zero-order valence-electron chi connectivity index (χ0n) is 15.5. The lowest BCUT2D eigenvalue weighted by atomic mass is 10.1. The largest absolute Gasteiger partial charge is 0.456 e. The van der Waals surface area contributed by atoms with Gasteiger partial charge in [-0.3, -0.25) is 9.69 Å². The number of esters is 1. The minimum atomic E-state index is -0.475. The smallest absolute Gasteiger partial charge is 0.338 e. The number of amides is 1. The van der Waals surface area contributed by atoms with E-state index in [0.29, 0.717) is 21.4 Å². The molecule has 2 aromatic carbocycles. The molecule has 1 amide bonds. The SMILES string of the molecule is CCc1ccccc1N(C(C)=O)c1nc(COC(=O)c2cccc(Cl)c2)cs1. The van der Waals surface area contributed by atoms with Crippen LogP contribution in [0.4, 0.5) is 10.8 Å². The lowest BCUT2D eigenvalue weighted by Crippen LogP contribution is -2.23. The van der Waals surface area contributed by atoms with E-state index in [1.807, 2.05) is 31.2 Å². The summed E-state index contributed by atoms with van der Waals surface area (Å²) in [7, 11) is 0. The molecule has 0 aliphatic carbocycles. The highest BCUT2D eigenvalue weighted by atomic mass is 35.5. The molecular formula is C21H19ClN2O3S. The van der Waals surface area contributed by atoms with Crippen LogP contribution in [0.1, 0.15) is 35.5 Å². The average Bonchev–Trinajstić information content (AvgIpc) is 3.14. The van der Waals surface area contributed by atoms with E-state index in [4.69, 9.17) is 16.3 Å². The minimum absolute atomic E-state index is 0.0169. The maximum absolute atomic E-state index is 12.3. The normalized spacial score (nSPS) is 10.5. The minimum Gasteiger partial charge on any atom is -0.456 e. The highest BCUT2D eigenvalue weighted by Crippen LogP contribution is 2.32. The first kappa shape index (κ1) is 20.0. The topological polar surface area (TPSA) is 59.5 Å². The molecule has 3 rings (SSSR count). The molecule has 0 radical (unpaired) electrons. The van der Waals surface area contributed by atoms with E-state index < -0.39 is 5.97 Å². The Labute approximate surface area is 172 Å². The number of carbonyl (C=O) groups is 2. The summed E-state index contributed by atoms with van der Waals surface area (Å²) in [6.07, 6.45) is 0.801. The van der Waals surface area contributed by atoms with Crippen molar-refractivity contribution in [3.05, 3.63) is 75.8 Å². The van der Waals surface area contributed by atoms with E-state index in [1.165, 1.54) is 18.3 Å². The highest BCUT2D eigenvalue weighted by Gasteiger charge is 2.20. The average molecular weight is 415 g/mol. The van der Waals surface area contributed by atoms with Gasteiger partial charge in [-0.15, -0.1) is 11.3 Å². The number of rotatable bonds is 6. The van der Waals surface area contributed by atoms with Gasteiger partial charge in [0.1, 0.15) is 6.61 Å². The Bertz CT molecular complexity index is 1000. The maximum Gasteiger partial charge on any atom is 0.338 e. The van der Waals surface area contributed by atoms with Gasteiger partial charge in [0, 0.05) is 17.3 Å². The molecule has 0 atom stereocenters. The van der Waals surface area contributed by atoms with E-state index in [0.717, 1.165) is 17.7 Å². The van der Waals surface area contributed by atoms with Crippen LogP contribution >= 0.6 is 22.9 Å². The van der Waals surface area contributed by atoms with Crippen LogP contribution in [0.3, 0.4) is 0 Å². The van der Waals surface area contributed by atoms with E-state index in [9.17, 15) is 9.59 Å². The fraction of sp³-hybridized carbons (Fsp3) is 0.190. The molecule has 3 aromatic rings. The molecule has 144 valence electrons. The van der Waals surface area contributed by atoms with Crippen LogP contribution in [0.25, 0.3) is 0 Å². The second-order valence-corrected chi connectivity index (χ2v) is 7.32. The summed E-state index contributed by atoms with van der Waals surface area (Å²) in [5.41, 5.74) is 2.83. The number of nitrogens with zero attached hydrogens (tertiary/aromatic N) is 2. The third-order valence-corrected chi connectivity index (χ3v) is 5.18. The molecule has 7 heteroatoms. The van der Waals surface area contributed by atoms with Gasteiger partial charge in [-0.2, -0.15) is 0 Å². The number of benzene rings is 2. The van der Waals surface area contributed by atoms with Crippen LogP contribution in [0, 0.1) is 0 Å². The van der Waals surface area contributed by atoms with Crippen molar-refractivity contribution in [3.8, 4) is 0 Å². The lowest BCUT2D eigenvalue weighted by Gasteiger charge is -2.20. The van der Waals surface area contributed by atoms with Gasteiger partial charge >= 0.3 is 5.97 Å². The van der Waals surface area contributed by atoms with Crippen molar-refractivity contribution in [2.45, 2.75) is 26.9 Å². The predicted octanol–water partition coefficient (Wildman–Crippen LogP) is 5.40. The van der Waals surface area contributed by atoms with Crippen molar-refractivity contribution in [2.24, 2.45) is 0 Å². The number of aromatic nitrogens is 1. The molecule has 28 heavy (non-hydrogen) atoms. The van der Waals surface area contributed by atoms with E-state index in [2.05, 4.69) is 4.98 Å². The van der Waals surface area contributed by atoms with Crippen molar-refractivity contribution < 1.29 is 14.3 Å². The summed E-state index contributed by atoms with van der Waals surface area (Å²) in [5, 5.41) is 2.80. The fourth-order valence-electron chi connectivity index (χ4n) is 2.74. The predicted molar refractivity (Wildman–Crippen MR) is 111 cm³/mol. The third kappa shape index (κ3) is 4.58. The first-order valence-electron chi connectivity index (χ1n) is 8.75. The number of hydrogen-bond donors (Lipinski definition) is 0. The number of anilines is 2. The van der Waals surface area contributed by atoms with Crippen molar-refractivity contribution >= 4 is 45.6 Å². The summed E-state index contributed by atoms with van der Waals surface area (Å²) in [6.45, 7) is 3.56. The molecule has 0 bridgehead atoms. The van der Waals surface area contributed by atoms with Crippen LogP contribution in [-0.2, 0) is 22.6 Å². The van der Waals surface area contributed by atoms with Gasteiger partial charge in [0.25, 0.3) is 0 Å². The van der Waals surface area contributed by atoms with E-state index >= 15 is 0 Å². The van der Waals surface area contributed by atoms with Crippen LogP contribution in [-0.4, -0.2) is 16.9 Å². The number of halogens is 1. The van der Waals surface area contributed by atoms with Gasteiger partial charge in [0.2, 0.25) is 5.91 Å². The van der Waals surface area contributed by atoms with Gasteiger partial charge in [0.15, 0.2) is 5.13 Å². The van der Waals surface area contributed by atoms with Gasteiger partial charge in [-0.1, -0.05) is 42.8 Å². The molecule has 1 heterocycles. The first-order valence-corrected chi connectivity index (χ1v) is 10.0. The molecule has 0 aliphatic heterocycles. The molecule has 0 fully saturated rings. The van der Waals surface area contributed by atoms with Gasteiger partial charge in [-0.05, 0) is 36.2 Å². The number of para-hydroxylation sites is 1. The number of thiazole rings is 1. The molecule has 0 N–H and O–H groups in total. The second-order valence-electron chi connectivity index (χ2n) is 6.04. The molecule has 0 spiro atoms. The summed E-state index contributed by atoms with van der Waals surface area (Å²) < 4.78 is 5.32. The number of aryl methyl sites for hydroxylation is 1. The monoisotopic (exact) mass is 414 g/mol. The van der Waals surface area contributed by atoms with Crippen LogP contribution in [0.15, 0.2) is 53.9 Å². The lowest BCUT2D eigenvalue weighted by molar-refractivity contribution is -0.115. The Morgan fingerprint density at radius 1 is 1.18 bits per heavy atom. The number of carbonyl (C=O) groups excluding carboxylic acids is 2. The Kier molecular flexibility index (Phi) is 6.44. The Morgan fingerprint density at radius 3 is 2.68 bits per heavy atom. The zero-order valence-corrected chi connectivity index (χ0v) is 17.1. The fourth-order valence-corrected chi connectivity index (χ4v) is 3.79. The zero-order chi connectivity index (χ0) is 20.1. The Morgan fingerprint density at radius 2 is 1.96 bits per heavy atom.